The Hall–Kier alpha value is -7.24. The highest BCUT2D eigenvalue weighted by Gasteiger charge is 2.53. The second-order valence-electron chi connectivity index (χ2n) is 20.7. The summed E-state index contributed by atoms with van der Waals surface area (Å²) in [6.07, 6.45) is 1.08. The van der Waals surface area contributed by atoms with Crippen molar-refractivity contribution in [1.82, 2.24) is 20.4 Å². The van der Waals surface area contributed by atoms with E-state index >= 15 is 8.78 Å². The van der Waals surface area contributed by atoms with Crippen molar-refractivity contribution < 1.29 is 47.8 Å². The highest BCUT2D eigenvalue weighted by Crippen LogP contribution is 2.50. The summed E-state index contributed by atoms with van der Waals surface area (Å²) in [6, 6.07) is 23.9. The molecule has 0 spiro atoms. The normalized spacial score (nSPS) is 23.2. The van der Waals surface area contributed by atoms with Crippen LogP contribution in [-0.4, -0.2) is 94.1 Å². The zero-order valence-corrected chi connectivity index (χ0v) is 41.7. The number of carboxylic acid groups (broad SMARTS) is 2. The van der Waals surface area contributed by atoms with Gasteiger partial charge in [0.05, 0.1) is 12.1 Å². The molecule has 388 valence electrons. The zero-order valence-electron chi connectivity index (χ0n) is 41.7. The standard InChI is InChI=1S/C55H66F2N8O8/c1-32(2)45(60-52(70)71)48(66)63-26-8-24-54(63,50(58)68)38-16-12-36(13-17-38)43-20-21-44(65(43)40-30-41(56)47(42(57)31-40)62-28-22-35(23-29-62)34-10-6-5-7-11-34)37-14-18-39(19-15-37)55(51(59)69)25-9-27-64(55)49(67)46(33(3)4)61-53(72)73/h5-7,10-19,30-33,35,43-46,60-61H,8-9,20-29H2,1-4H3,(H2,58,68)(H2,59,69)(H,70,71)(H,72,73)/t43-,44?,45-,46-,54-,55-/m0/s1. The quantitative estimate of drug-likeness (QED) is 0.0682. The molecule has 6 atom stereocenters. The average molecular weight is 1010 g/mol. The van der Waals surface area contributed by atoms with Crippen molar-refractivity contribution in [2.24, 2.45) is 23.3 Å². The van der Waals surface area contributed by atoms with E-state index in [1.165, 1.54) is 27.5 Å². The smallest absolute Gasteiger partial charge is 0.405 e. The van der Waals surface area contributed by atoms with Crippen LogP contribution in [0.3, 0.4) is 0 Å². The van der Waals surface area contributed by atoms with Crippen molar-refractivity contribution in [2.45, 2.75) is 120 Å². The number of likely N-dealkylation sites (tertiary alicyclic amines) is 2. The first-order chi connectivity index (χ1) is 34.8. The predicted octanol–water partition coefficient (Wildman–Crippen LogP) is 7.62. The molecule has 4 aromatic rings. The molecule has 0 bridgehead atoms. The van der Waals surface area contributed by atoms with Gasteiger partial charge in [-0.05, 0) is 109 Å². The second-order valence-corrected chi connectivity index (χ2v) is 20.7. The lowest BCUT2D eigenvalue weighted by Gasteiger charge is -2.39. The van der Waals surface area contributed by atoms with E-state index in [-0.39, 0.29) is 43.2 Å². The monoisotopic (exact) mass is 1000 g/mol. The number of carbonyl (C=O) groups is 6. The van der Waals surface area contributed by atoms with Gasteiger partial charge in [0.2, 0.25) is 23.6 Å². The third-order valence-electron chi connectivity index (χ3n) is 15.8. The van der Waals surface area contributed by atoms with Gasteiger partial charge in [0.1, 0.15) is 28.8 Å². The molecule has 0 aliphatic carbocycles. The van der Waals surface area contributed by atoms with Gasteiger partial charge in [-0.3, -0.25) is 19.2 Å². The highest BCUT2D eigenvalue weighted by molar-refractivity contribution is 5.96. The van der Waals surface area contributed by atoms with E-state index in [1.54, 1.807) is 56.9 Å². The Morgan fingerprint density at radius 2 is 1.00 bits per heavy atom. The van der Waals surface area contributed by atoms with Crippen LogP contribution < -0.4 is 31.9 Å². The Morgan fingerprint density at radius 1 is 0.589 bits per heavy atom. The molecule has 4 aromatic carbocycles. The van der Waals surface area contributed by atoms with Gasteiger partial charge in [0.25, 0.3) is 0 Å². The van der Waals surface area contributed by atoms with Gasteiger partial charge in [0, 0.05) is 31.9 Å². The van der Waals surface area contributed by atoms with E-state index in [4.69, 9.17) is 11.5 Å². The average Bonchev–Trinajstić information content (AvgIpc) is 4.14. The summed E-state index contributed by atoms with van der Waals surface area (Å²) in [5.74, 6) is -4.65. The summed E-state index contributed by atoms with van der Waals surface area (Å²) in [5, 5.41) is 23.7. The maximum Gasteiger partial charge on any atom is 0.405 e. The summed E-state index contributed by atoms with van der Waals surface area (Å²) in [5.41, 5.74) is 13.0. The van der Waals surface area contributed by atoms with Gasteiger partial charge in [0.15, 0.2) is 11.6 Å². The van der Waals surface area contributed by atoms with Gasteiger partial charge in [-0.1, -0.05) is 107 Å². The van der Waals surface area contributed by atoms with Crippen LogP contribution >= 0.6 is 0 Å². The fourth-order valence-electron chi connectivity index (χ4n) is 12.2. The van der Waals surface area contributed by atoms with Gasteiger partial charge in [-0.15, -0.1) is 0 Å². The van der Waals surface area contributed by atoms with Crippen molar-refractivity contribution in [3.05, 3.63) is 130 Å². The minimum atomic E-state index is -1.56. The number of primary amides is 2. The predicted molar refractivity (Wildman–Crippen MR) is 270 cm³/mol. The zero-order chi connectivity index (χ0) is 52.5. The molecule has 0 radical (unpaired) electrons. The largest absolute Gasteiger partial charge is 0.465 e. The van der Waals surface area contributed by atoms with Crippen LogP contribution in [0, 0.1) is 23.5 Å². The number of nitrogens with one attached hydrogen (secondary N) is 2. The molecular weight excluding hydrogens is 939 g/mol. The van der Waals surface area contributed by atoms with Gasteiger partial charge < -0.3 is 51.9 Å². The first kappa shape index (κ1) is 52.1. The molecule has 4 fully saturated rings. The lowest BCUT2D eigenvalue weighted by Crippen LogP contribution is -2.59. The van der Waals surface area contributed by atoms with Gasteiger partial charge in [-0.25, -0.2) is 18.4 Å². The summed E-state index contributed by atoms with van der Waals surface area (Å²) < 4.78 is 33.5. The van der Waals surface area contributed by atoms with Gasteiger partial charge >= 0.3 is 12.2 Å². The minimum Gasteiger partial charge on any atom is -0.465 e. The Morgan fingerprint density at radius 3 is 1.37 bits per heavy atom. The number of rotatable bonds is 15. The van der Waals surface area contributed by atoms with Crippen LogP contribution in [0.4, 0.5) is 29.7 Å². The maximum atomic E-state index is 16.7. The number of carbonyl (C=O) groups excluding carboxylic acids is 4. The Kier molecular flexibility index (Phi) is 15.0. The molecule has 4 saturated heterocycles. The third-order valence-corrected chi connectivity index (χ3v) is 15.8. The molecule has 4 aliphatic rings. The number of amides is 6. The number of nitrogens with two attached hydrogens (primary N) is 2. The Labute approximate surface area is 424 Å². The van der Waals surface area contributed by atoms with Crippen molar-refractivity contribution in [2.75, 3.05) is 36.0 Å². The number of benzene rings is 4. The van der Waals surface area contributed by atoms with E-state index in [0.717, 1.165) is 24.0 Å². The molecule has 4 aliphatic heterocycles. The van der Waals surface area contributed by atoms with E-state index in [9.17, 15) is 39.0 Å². The molecule has 0 saturated carbocycles. The SMILES string of the molecule is CC(C)[C@H](NC(=O)O)C(=O)N1CCC[C@@]1(C(N)=O)c1ccc(C2CC[C@@H](c3ccc([C@]4(C(N)=O)CCCN4C(=O)[C@@H](NC(=O)O)C(C)C)cc3)N2c2cc(F)c(N3CCC(c4ccccc4)CC3)c(F)c2)cc1. The first-order valence-electron chi connectivity index (χ1n) is 25.3. The topological polar surface area (TPSA) is 232 Å². The Bertz CT molecular complexity index is 2570. The van der Waals surface area contributed by atoms with E-state index < -0.39 is 94.5 Å². The molecule has 8 N–H and O–H groups in total. The summed E-state index contributed by atoms with van der Waals surface area (Å²) in [7, 11) is 0. The molecule has 1 unspecified atom stereocenters. The van der Waals surface area contributed by atoms with Crippen LogP contribution in [0.15, 0.2) is 91.0 Å². The minimum absolute atomic E-state index is 0.0902. The summed E-state index contributed by atoms with van der Waals surface area (Å²) >= 11 is 0. The second kappa shape index (κ2) is 21.1. The fourth-order valence-corrected chi connectivity index (χ4v) is 12.2. The van der Waals surface area contributed by atoms with E-state index in [2.05, 4.69) is 22.8 Å². The van der Waals surface area contributed by atoms with Crippen LogP contribution in [0.5, 0.6) is 0 Å². The summed E-state index contributed by atoms with van der Waals surface area (Å²) in [6.45, 7) is 8.13. The van der Waals surface area contributed by atoms with Crippen LogP contribution in [-0.2, 0) is 30.3 Å². The van der Waals surface area contributed by atoms with Crippen molar-refractivity contribution in [3.63, 3.8) is 0 Å². The molecular formula is C55H66F2N8O8. The molecule has 18 heteroatoms. The molecule has 4 heterocycles. The number of piperidine rings is 1. The number of hydrogen-bond donors (Lipinski definition) is 6. The lowest BCUT2D eigenvalue weighted by molar-refractivity contribution is -0.146. The Balaban J connectivity index is 1.15. The van der Waals surface area contributed by atoms with Crippen molar-refractivity contribution >= 4 is 47.2 Å². The van der Waals surface area contributed by atoms with Crippen LogP contribution in [0.25, 0.3) is 0 Å². The van der Waals surface area contributed by atoms with Crippen molar-refractivity contribution in [3.8, 4) is 0 Å². The van der Waals surface area contributed by atoms with E-state index in [0.29, 0.717) is 49.9 Å². The number of nitrogens with zero attached hydrogens (tertiary/aromatic N) is 4. The maximum absolute atomic E-state index is 16.7. The van der Waals surface area contributed by atoms with Gasteiger partial charge in [-0.2, -0.15) is 0 Å². The third kappa shape index (κ3) is 9.75. The number of anilines is 2. The fraction of sp³-hybridized carbons (Fsp3) is 0.455. The molecule has 16 nitrogen and oxygen atoms in total. The number of hydrogen-bond acceptors (Lipinski definition) is 8. The highest BCUT2D eigenvalue weighted by atomic mass is 19.1. The van der Waals surface area contributed by atoms with Crippen LogP contribution in [0.1, 0.15) is 125 Å². The number of halogens is 2. The van der Waals surface area contributed by atoms with E-state index in [1.807, 2.05) is 47.4 Å². The molecule has 8 rings (SSSR count). The first-order valence-corrected chi connectivity index (χ1v) is 25.3. The summed E-state index contributed by atoms with van der Waals surface area (Å²) in [4.78, 5) is 85.2. The molecule has 0 aromatic heterocycles. The lowest BCUT2D eigenvalue weighted by atomic mass is 9.84. The molecule has 73 heavy (non-hydrogen) atoms. The van der Waals surface area contributed by atoms with Crippen LogP contribution in [0.2, 0.25) is 0 Å². The van der Waals surface area contributed by atoms with Crippen molar-refractivity contribution in [1.29, 1.82) is 0 Å². The molecule has 6 amide bonds.